The van der Waals surface area contributed by atoms with Crippen LogP contribution in [0.3, 0.4) is 0 Å². The van der Waals surface area contributed by atoms with E-state index in [1.807, 2.05) is 18.2 Å². The van der Waals surface area contributed by atoms with Gasteiger partial charge in [-0.05, 0) is 61.9 Å². The average Bonchev–Trinajstić information content (AvgIpc) is 2.79. The highest BCUT2D eigenvalue weighted by atomic mass is 79.9. The van der Waals surface area contributed by atoms with Crippen LogP contribution in [0, 0.1) is 0 Å². The number of anilines is 1. The van der Waals surface area contributed by atoms with Gasteiger partial charge in [0.2, 0.25) is 0 Å². The first-order valence-electron chi connectivity index (χ1n) is 6.41. The highest BCUT2D eigenvalue weighted by Gasteiger charge is 2.21. The first-order chi connectivity index (χ1) is 9.85. The summed E-state index contributed by atoms with van der Waals surface area (Å²) in [6.07, 6.45) is 0.953. The van der Waals surface area contributed by atoms with Crippen molar-refractivity contribution in [3.63, 3.8) is 0 Å². The maximum Gasteiger partial charge on any atom is 0.271 e. The molecule has 2 aromatic rings. The highest BCUT2D eigenvalue weighted by molar-refractivity contribution is 9.13. The molecule has 1 atom stereocenters. The Kier molecular flexibility index (Phi) is 5.51. The first kappa shape index (κ1) is 17.0. The summed E-state index contributed by atoms with van der Waals surface area (Å²) >= 11 is 7.82. The summed E-state index contributed by atoms with van der Waals surface area (Å²) in [5.41, 5.74) is 1.66. The summed E-state index contributed by atoms with van der Waals surface area (Å²) in [5, 5.41) is 0. The summed E-state index contributed by atoms with van der Waals surface area (Å²) in [6.45, 7) is 4.18. The molecule has 0 aliphatic heterocycles. The van der Waals surface area contributed by atoms with Gasteiger partial charge in [0.25, 0.3) is 10.0 Å². The predicted molar refractivity (Wildman–Crippen MR) is 95.7 cm³/mol. The molecule has 0 aliphatic rings. The molecule has 0 amide bonds. The monoisotopic (exact) mass is 451 g/mol. The summed E-state index contributed by atoms with van der Waals surface area (Å²) in [6, 6.07) is 9.13. The van der Waals surface area contributed by atoms with Crippen LogP contribution in [0.15, 0.2) is 42.8 Å². The molecular formula is C14H15Br2NO2S2. The fourth-order valence-corrected chi connectivity index (χ4v) is 5.80. The minimum absolute atomic E-state index is 0.278. The number of nitrogens with one attached hydrogen (secondary N) is 1. The van der Waals surface area contributed by atoms with Gasteiger partial charge in [-0.3, -0.25) is 4.72 Å². The van der Waals surface area contributed by atoms with Gasteiger partial charge in [0.1, 0.15) is 4.21 Å². The van der Waals surface area contributed by atoms with Crippen LogP contribution in [-0.4, -0.2) is 8.42 Å². The molecule has 0 aliphatic carbocycles. The predicted octanol–water partition coefficient (Wildman–Crippen LogP) is 5.59. The van der Waals surface area contributed by atoms with E-state index in [0.29, 0.717) is 11.6 Å². The SMILES string of the molecule is CCC(C)c1ccccc1NS(=O)(=O)c1cc(Br)c(Br)s1. The van der Waals surface area contributed by atoms with Gasteiger partial charge in [-0.15, -0.1) is 11.3 Å². The second-order valence-electron chi connectivity index (χ2n) is 4.69. The van der Waals surface area contributed by atoms with Gasteiger partial charge in [-0.25, -0.2) is 8.42 Å². The number of para-hydroxylation sites is 1. The maximum atomic E-state index is 12.5. The number of rotatable bonds is 5. The van der Waals surface area contributed by atoms with Crippen molar-refractivity contribution in [2.45, 2.75) is 30.4 Å². The topological polar surface area (TPSA) is 46.2 Å². The van der Waals surface area contributed by atoms with E-state index < -0.39 is 10.0 Å². The molecule has 1 aromatic carbocycles. The van der Waals surface area contributed by atoms with Crippen molar-refractivity contribution in [2.75, 3.05) is 4.72 Å². The molecule has 2 rings (SSSR count). The van der Waals surface area contributed by atoms with Crippen LogP contribution in [0.5, 0.6) is 0 Å². The molecule has 0 saturated carbocycles. The van der Waals surface area contributed by atoms with Gasteiger partial charge < -0.3 is 0 Å². The molecular weight excluding hydrogens is 438 g/mol. The van der Waals surface area contributed by atoms with Crippen molar-refractivity contribution in [2.24, 2.45) is 0 Å². The van der Waals surface area contributed by atoms with Crippen LogP contribution in [0.4, 0.5) is 5.69 Å². The number of thiophene rings is 1. The van der Waals surface area contributed by atoms with E-state index in [-0.39, 0.29) is 4.21 Å². The van der Waals surface area contributed by atoms with Crippen molar-refractivity contribution in [1.29, 1.82) is 0 Å². The standard InChI is InChI=1S/C14H15Br2NO2S2/c1-3-9(2)10-6-4-5-7-12(10)17-21(18,19)13-8-11(15)14(16)20-13/h4-9,17H,3H2,1-2H3. The Labute approximate surface area is 146 Å². The third-order valence-corrected chi connectivity index (χ3v) is 8.33. The van der Waals surface area contributed by atoms with Crippen LogP contribution >= 0.6 is 43.2 Å². The third-order valence-electron chi connectivity index (χ3n) is 3.24. The molecule has 1 heterocycles. The second-order valence-corrected chi connectivity index (χ2v) is 9.82. The van der Waals surface area contributed by atoms with Crippen LogP contribution in [-0.2, 0) is 10.0 Å². The van der Waals surface area contributed by atoms with Crippen LogP contribution in [0.2, 0.25) is 0 Å². The summed E-state index contributed by atoms with van der Waals surface area (Å²) < 4.78 is 29.5. The molecule has 0 saturated heterocycles. The second kappa shape index (κ2) is 6.81. The van der Waals surface area contributed by atoms with Crippen molar-refractivity contribution in [3.8, 4) is 0 Å². The molecule has 3 nitrogen and oxygen atoms in total. The Morgan fingerprint density at radius 3 is 2.52 bits per heavy atom. The van der Waals surface area contributed by atoms with Crippen molar-refractivity contribution >= 4 is 58.9 Å². The van der Waals surface area contributed by atoms with Crippen LogP contribution in [0.1, 0.15) is 31.7 Å². The lowest BCUT2D eigenvalue weighted by molar-refractivity contribution is 0.603. The highest BCUT2D eigenvalue weighted by Crippen LogP contribution is 2.36. The van der Waals surface area contributed by atoms with Gasteiger partial charge in [-0.2, -0.15) is 0 Å². The molecule has 21 heavy (non-hydrogen) atoms. The fourth-order valence-electron chi connectivity index (χ4n) is 1.89. The van der Waals surface area contributed by atoms with E-state index in [2.05, 4.69) is 50.4 Å². The van der Waals surface area contributed by atoms with Gasteiger partial charge in [0.05, 0.1) is 9.47 Å². The van der Waals surface area contributed by atoms with E-state index in [1.165, 1.54) is 11.3 Å². The normalized spacial score (nSPS) is 13.1. The summed E-state index contributed by atoms with van der Waals surface area (Å²) in [7, 11) is -3.57. The van der Waals surface area contributed by atoms with Crippen LogP contribution in [0.25, 0.3) is 0 Å². The van der Waals surface area contributed by atoms with Gasteiger partial charge in [0, 0.05) is 4.47 Å². The number of benzene rings is 1. The number of halogens is 2. The van der Waals surface area contributed by atoms with Gasteiger partial charge in [0.15, 0.2) is 0 Å². The number of hydrogen-bond donors (Lipinski definition) is 1. The Balaban J connectivity index is 2.37. The average molecular weight is 453 g/mol. The lowest BCUT2D eigenvalue weighted by Crippen LogP contribution is -2.13. The van der Waals surface area contributed by atoms with E-state index in [0.717, 1.165) is 20.2 Å². The quantitative estimate of drug-likeness (QED) is 0.642. The Bertz CT molecular complexity index is 722. The van der Waals surface area contributed by atoms with E-state index >= 15 is 0 Å². The maximum absolute atomic E-state index is 12.5. The Hall–Kier alpha value is -0.370. The van der Waals surface area contributed by atoms with E-state index in [4.69, 9.17) is 0 Å². The Morgan fingerprint density at radius 2 is 1.95 bits per heavy atom. The fraction of sp³-hybridized carbons (Fsp3) is 0.286. The molecule has 0 radical (unpaired) electrons. The molecule has 114 valence electrons. The molecule has 1 N–H and O–H groups in total. The molecule has 1 unspecified atom stereocenters. The lowest BCUT2D eigenvalue weighted by atomic mass is 9.97. The molecule has 7 heteroatoms. The van der Waals surface area contributed by atoms with Gasteiger partial charge >= 0.3 is 0 Å². The van der Waals surface area contributed by atoms with E-state index in [1.54, 1.807) is 12.1 Å². The minimum atomic E-state index is -3.57. The smallest absolute Gasteiger partial charge is 0.271 e. The zero-order valence-electron chi connectivity index (χ0n) is 11.6. The van der Waals surface area contributed by atoms with Crippen molar-refractivity contribution in [1.82, 2.24) is 0 Å². The zero-order valence-corrected chi connectivity index (χ0v) is 16.4. The molecule has 0 bridgehead atoms. The number of hydrogen-bond acceptors (Lipinski definition) is 3. The zero-order chi connectivity index (χ0) is 15.6. The molecule has 1 aromatic heterocycles. The molecule has 0 fully saturated rings. The van der Waals surface area contributed by atoms with Crippen molar-refractivity contribution < 1.29 is 8.42 Å². The van der Waals surface area contributed by atoms with E-state index in [9.17, 15) is 8.42 Å². The number of sulfonamides is 1. The minimum Gasteiger partial charge on any atom is -0.279 e. The largest absolute Gasteiger partial charge is 0.279 e. The third kappa shape index (κ3) is 3.88. The lowest BCUT2D eigenvalue weighted by Gasteiger charge is -2.15. The van der Waals surface area contributed by atoms with Gasteiger partial charge in [-0.1, -0.05) is 32.0 Å². The van der Waals surface area contributed by atoms with Crippen LogP contribution < -0.4 is 4.72 Å². The van der Waals surface area contributed by atoms with Crippen molar-refractivity contribution in [3.05, 3.63) is 44.2 Å². The molecule has 0 spiro atoms. The summed E-state index contributed by atoms with van der Waals surface area (Å²) in [4.78, 5) is 0. The Morgan fingerprint density at radius 1 is 1.29 bits per heavy atom. The summed E-state index contributed by atoms with van der Waals surface area (Å²) in [5.74, 6) is 0.297. The first-order valence-corrected chi connectivity index (χ1v) is 10.3.